The summed E-state index contributed by atoms with van der Waals surface area (Å²) in [6.07, 6.45) is -0.996. The van der Waals surface area contributed by atoms with Gasteiger partial charge in [-0.05, 0) is 48.9 Å². The van der Waals surface area contributed by atoms with Crippen molar-refractivity contribution in [3.8, 4) is 5.75 Å². The molecule has 2 aromatic rings. The van der Waals surface area contributed by atoms with Crippen LogP contribution in [0, 0.1) is 13.8 Å². The van der Waals surface area contributed by atoms with E-state index in [1.807, 2.05) is 56.3 Å². The molecule has 160 valence electrons. The number of rotatable bonds is 7. The largest absolute Gasteiger partial charge is 0.490 e. The maximum Gasteiger partial charge on any atom is 0.325 e. The Morgan fingerprint density at radius 1 is 1.07 bits per heavy atom. The molecule has 30 heavy (non-hydrogen) atoms. The van der Waals surface area contributed by atoms with Crippen LogP contribution in [0.15, 0.2) is 42.5 Å². The summed E-state index contributed by atoms with van der Waals surface area (Å²) in [4.78, 5) is 26.6. The third kappa shape index (κ3) is 4.19. The van der Waals surface area contributed by atoms with Crippen molar-refractivity contribution in [3.63, 3.8) is 0 Å². The van der Waals surface area contributed by atoms with Crippen LogP contribution in [0.25, 0.3) is 0 Å². The predicted molar refractivity (Wildman–Crippen MR) is 116 cm³/mol. The molecule has 6 nitrogen and oxygen atoms in total. The molecule has 0 aromatic heterocycles. The van der Waals surface area contributed by atoms with Crippen molar-refractivity contribution in [2.24, 2.45) is 0 Å². The molecule has 0 saturated carbocycles. The van der Waals surface area contributed by atoms with Crippen molar-refractivity contribution in [2.45, 2.75) is 52.2 Å². The smallest absolute Gasteiger partial charge is 0.325 e. The molecule has 1 aliphatic heterocycles. The van der Waals surface area contributed by atoms with Crippen LogP contribution in [0.3, 0.4) is 0 Å². The quantitative estimate of drug-likeness (QED) is 0.683. The average Bonchev–Trinajstić information content (AvgIpc) is 2.91. The lowest BCUT2D eigenvalue weighted by atomic mass is 9.90. The molecule has 0 unspecified atom stereocenters. The second kappa shape index (κ2) is 8.48. The maximum absolute atomic E-state index is 13.1. The second-order valence-electron chi connectivity index (χ2n) is 8.43. The van der Waals surface area contributed by atoms with Gasteiger partial charge in [0, 0.05) is 0 Å². The molecule has 3 amide bonds. The number of para-hydroxylation sites is 1. The first kappa shape index (κ1) is 21.8. The Labute approximate surface area is 177 Å². The number of aliphatic hydroxyl groups is 1. The summed E-state index contributed by atoms with van der Waals surface area (Å²) in [7, 11) is 0. The fraction of sp³-hybridized carbons (Fsp3) is 0.417. The van der Waals surface area contributed by atoms with E-state index in [0.29, 0.717) is 17.2 Å². The normalized spacial score (nSPS) is 19.9. The van der Waals surface area contributed by atoms with Crippen LogP contribution >= 0.6 is 0 Å². The highest BCUT2D eigenvalue weighted by molar-refractivity contribution is 6.07. The lowest BCUT2D eigenvalue weighted by Crippen LogP contribution is -2.42. The van der Waals surface area contributed by atoms with Crippen LogP contribution in [-0.4, -0.2) is 41.2 Å². The van der Waals surface area contributed by atoms with E-state index in [4.69, 9.17) is 4.74 Å². The number of aryl methyl sites for hydroxylation is 2. The van der Waals surface area contributed by atoms with E-state index in [1.54, 1.807) is 6.92 Å². The number of carbonyl (C=O) groups excluding carboxylic acids is 2. The Morgan fingerprint density at radius 2 is 1.67 bits per heavy atom. The number of hydrogen-bond acceptors (Lipinski definition) is 4. The number of nitrogens with zero attached hydrogens (tertiary/aromatic N) is 1. The van der Waals surface area contributed by atoms with Crippen molar-refractivity contribution in [1.29, 1.82) is 0 Å². The van der Waals surface area contributed by atoms with Gasteiger partial charge in [-0.25, -0.2) is 4.79 Å². The lowest BCUT2D eigenvalue weighted by Gasteiger charge is -2.24. The third-order valence-corrected chi connectivity index (χ3v) is 5.65. The highest BCUT2D eigenvalue weighted by Gasteiger charge is 2.49. The molecule has 2 aromatic carbocycles. The molecular weight excluding hydrogens is 380 g/mol. The first-order valence-corrected chi connectivity index (χ1v) is 10.2. The Hall–Kier alpha value is -2.86. The van der Waals surface area contributed by atoms with E-state index in [0.717, 1.165) is 21.6 Å². The van der Waals surface area contributed by atoms with Gasteiger partial charge in [-0.2, -0.15) is 0 Å². The third-order valence-electron chi connectivity index (χ3n) is 5.65. The molecule has 2 atom stereocenters. The van der Waals surface area contributed by atoms with Gasteiger partial charge in [0.2, 0.25) is 0 Å². The number of hydrogen-bond donors (Lipinski definition) is 2. The number of aliphatic hydroxyl groups excluding tert-OH is 1. The van der Waals surface area contributed by atoms with Crippen molar-refractivity contribution in [1.82, 2.24) is 10.2 Å². The first-order chi connectivity index (χ1) is 14.1. The van der Waals surface area contributed by atoms with E-state index in [1.165, 1.54) is 0 Å². The zero-order chi connectivity index (χ0) is 22.1. The van der Waals surface area contributed by atoms with Gasteiger partial charge in [-0.3, -0.25) is 9.69 Å². The summed E-state index contributed by atoms with van der Waals surface area (Å²) in [6, 6.07) is 13.0. The fourth-order valence-corrected chi connectivity index (χ4v) is 3.73. The predicted octanol–water partition coefficient (Wildman–Crippen LogP) is 3.63. The van der Waals surface area contributed by atoms with Crippen LogP contribution in [0.1, 0.15) is 48.9 Å². The van der Waals surface area contributed by atoms with E-state index >= 15 is 0 Å². The van der Waals surface area contributed by atoms with Crippen LogP contribution in [-0.2, 0) is 10.3 Å². The SMILES string of the molecule is Cc1cccc(C)c1OC[C@H](O)CN1C(=O)N[C@@](C)(c2ccc(C(C)C)cc2)C1=O. The zero-order valence-electron chi connectivity index (χ0n) is 18.2. The Morgan fingerprint density at radius 3 is 2.23 bits per heavy atom. The topological polar surface area (TPSA) is 78.9 Å². The summed E-state index contributed by atoms with van der Waals surface area (Å²) in [5.74, 6) is 0.712. The highest BCUT2D eigenvalue weighted by atomic mass is 16.5. The molecule has 3 rings (SSSR count). The van der Waals surface area contributed by atoms with Crippen LogP contribution in [0.4, 0.5) is 4.79 Å². The van der Waals surface area contributed by atoms with Crippen molar-refractivity contribution >= 4 is 11.9 Å². The number of amides is 3. The van der Waals surface area contributed by atoms with Gasteiger partial charge < -0.3 is 15.2 Å². The lowest BCUT2D eigenvalue weighted by molar-refractivity contribution is -0.132. The summed E-state index contributed by atoms with van der Waals surface area (Å²) >= 11 is 0. The molecule has 1 heterocycles. The number of urea groups is 1. The van der Waals surface area contributed by atoms with Crippen LogP contribution in [0.5, 0.6) is 5.75 Å². The number of β-amino-alcohol motifs (C(OH)–C–C–N with tert-alkyl or cyclic N) is 1. The van der Waals surface area contributed by atoms with Gasteiger partial charge in [0.25, 0.3) is 5.91 Å². The summed E-state index contributed by atoms with van der Waals surface area (Å²) in [5.41, 5.74) is 2.66. The first-order valence-electron chi connectivity index (χ1n) is 10.2. The minimum atomic E-state index is -1.15. The van der Waals surface area contributed by atoms with E-state index in [2.05, 4.69) is 19.2 Å². The second-order valence-corrected chi connectivity index (χ2v) is 8.43. The standard InChI is InChI=1S/C24H30N2O4/c1-15(2)18-9-11-19(12-10-18)24(5)22(28)26(23(29)25-24)13-20(27)14-30-21-16(3)7-6-8-17(21)4/h6-12,15,20,27H,13-14H2,1-5H3,(H,25,29)/t20-,24+/m1/s1. The Balaban J connectivity index is 1.68. The van der Waals surface area contributed by atoms with E-state index in [-0.39, 0.29) is 19.1 Å². The van der Waals surface area contributed by atoms with E-state index < -0.39 is 17.7 Å². The van der Waals surface area contributed by atoms with Crippen LogP contribution in [0.2, 0.25) is 0 Å². The van der Waals surface area contributed by atoms with Gasteiger partial charge in [-0.15, -0.1) is 0 Å². The number of benzene rings is 2. The minimum Gasteiger partial charge on any atom is -0.490 e. The van der Waals surface area contributed by atoms with Gasteiger partial charge in [-0.1, -0.05) is 56.3 Å². The van der Waals surface area contributed by atoms with Gasteiger partial charge in [0.15, 0.2) is 0 Å². The highest BCUT2D eigenvalue weighted by Crippen LogP contribution is 2.30. The average molecular weight is 411 g/mol. The monoisotopic (exact) mass is 410 g/mol. The molecule has 0 aliphatic carbocycles. The van der Waals surface area contributed by atoms with Crippen molar-refractivity contribution in [3.05, 3.63) is 64.7 Å². The minimum absolute atomic E-state index is 0.0114. The molecule has 0 radical (unpaired) electrons. The Kier molecular flexibility index (Phi) is 6.17. The van der Waals surface area contributed by atoms with Crippen LogP contribution < -0.4 is 10.1 Å². The molecule has 0 spiro atoms. The molecule has 6 heteroatoms. The summed E-state index contributed by atoms with van der Waals surface area (Å²) in [5, 5.41) is 13.2. The molecule has 0 bridgehead atoms. The number of ether oxygens (including phenoxy) is 1. The fourth-order valence-electron chi connectivity index (χ4n) is 3.73. The maximum atomic E-state index is 13.1. The zero-order valence-corrected chi connectivity index (χ0v) is 18.2. The molecule has 1 saturated heterocycles. The van der Waals surface area contributed by atoms with Crippen molar-refractivity contribution in [2.75, 3.05) is 13.2 Å². The molecule has 2 N–H and O–H groups in total. The number of imide groups is 1. The Bertz CT molecular complexity index is 918. The van der Waals surface area contributed by atoms with Gasteiger partial charge in [0.1, 0.15) is 24.0 Å². The summed E-state index contributed by atoms with van der Waals surface area (Å²) < 4.78 is 5.76. The van der Waals surface area contributed by atoms with Gasteiger partial charge >= 0.3 is 6.03 Å². The number of carbonyl (C=O) groups is 2. The molecule has 1 aliphatic rings. The van der Waals surface area contributed by atoms with E-state index in [9.17, 15) is 14.7 Å². The number of nitrogens with one attached hydrogen (secondary N) is 1. The van der Waals surface area contributed by atoms with Gasteiger partial charge in [0.05, 0.1) is 6.54 Å². The molecule has 1 fully saturated rings. The van der Waals surface area contributed by atoms with Crippen molar-refractivity contribution < 1.29 is 19.4 Å². The summed E-state index contributed by atoms with van der Waals surface area (Å²) in [6.45, 7) is 9.62. The molecular formula is C24H30N2O4.